The second kappa shape index (κ2) is 7.15. The smallest absolute Gasteiger partial charge is 0.254 e. The monoisotopic (exact) mass is 380 g/mol. The molecule has 0 fully saturated rings. The van der Waals surface area contributed by atoms with E-state index in [-0.39, 0.29) is 0 Å². The van der Waals surface area contributed by atoms with Crippen molar-refractivity contribution in [2.45, 2.75) is 0 Å². The number of hydrogen-bond acceptors (Lipinski definition) is 6. The van der Waals surface area contributed by atoms with E-state index in [0.717, 1.165) is 11.4 Å². The Morgan fingerprint density at radius 1 is 0.643 bits per heavy atom. The highest BCUT2D eigenvalue weighted by molar-refractivity contribution is 6.38. The van der Waals surface area contributed by atoms with E-state index in [9.17, 15) is 19.8 Å². The van der Waals surface area contributed by atoms with Gasteiger partial charge in [-0.2, -0.15) is 9.13 Å². The number of ketones is 2. The van der Waals surface area contributed by atoms with Crippen LogP contribution in [0.2, 0.25) is 0 Å². The molecule has 8 nitrogen and oxygen atoms in total. The number of nitrogens with zero attached hydrogens (tertiary/aromatic N) is 4. The van der Waals surface area contributed by atoms with Crippen molar-refractivity contribution in [3.63, 3.8) is 0 Å². The molecule has 2 aromatic heterocycles. The summed E-state index contributed by atoms with van der Waals surface area (Å²) >= 11 is 0. The Morgan fingerprint density at radius 3 is 1.18 bits per heavy atom. The molecule has 28 heavy (non-hydrogen) atoms. The Kier molecular flexibility index (Phi) is 4.87. The Bertz CT molecular complexity index is 920. The molecule has 3 rings (SSSR count). The van der Waals surface area contributed by atoms with Crippen LogP contribution in [-0.2, 0) is 9.59 Å². The molecule has 0 saturated heterocycles. The number of pyridine rings is 2. The van der Waals surface area contributed by atoms with E-state index in [1.54, 1.807) is 24.3 Å². The van der Waals surface area contributed by atoms with Gasteiger partial charge in [0.1, 0.15) is 0 Å². The molecule has 0 saturated carbocycles. The van der Waals surface area contributed by atoms with Crippen LogP contribution in [0.5, 0.6) is 0 Å². The maximum Gasteiger partial charge on any atom is 0.254 e. The second-order valence-electron chi connectivity index (χ2n) is 6.73. The molecule has 0 amide bonds. The number of carbonyl (C=O) groups is 2. The summed E-state index contributed by atoms with van der Waals surface area (Å²) in [7, 11) is 7.38. The van der Waals surface area contributed by atoms with Gasteiger partial charge in [-0.05, 0) is 0 Å². The molecular formula is C20H20N4O4. The quantitative estimate of drug-likeness (QED) is 0.464. The van der Waals surface area contributed by atoms with Crippen molar-refractivity contribution in [1.82, 2.24) is 0 Å². The van der Waals surface area contributed by atoms with E-state index < -0.39 is 34.5 Å². The van der Waals surface area contributed by atoms with Crippen molar-refractivity contribution in [2.75, 3.05) is 38.0 Å². The predicted molar refractivity (Wildman–Crippen MR) is 98.4 cm³/mol. The Labute approximate surface area is 162 Å². The van der Waals surface area contributed by atoms with Crippen LogP contribution in [0.4, 0.5) is 11.4 Å². The molecule has 0 atom stereocenters. The summed E-state index contributed by atoms with van der Waals surface area (Å²) in [6, 6.07) is 6.71. The fraction of sp³-hybridized carbons (Fsp3) is 0.200. The first-order valence-electron chi connectivity index (χ1n) is 8.52. The van der Waals surface area contributed by atoms with Crippen molar-refractivity contribution in [1.29, 1.82) is 0 Å². The lowest BCUT2D eigenvalue weighted by Gasteiger charge is -2.22. The van der Waals surface area contributed by atoms with E-state index in [1.807, 2.05) is 38.0 Å². The van der Waals surface area contributed by atoms with E-state index >= 15 is 0 Å². The van der Waals surface area contributed by atoms with Gasteiger partial charge in [0.05, 0.1) is 0 Å². The molecule has 0 bridgehead atoms. The lowest BCUT2D eigenvalue weighted by Crippen LogP contribution is -2.50. The summed E-state index contributed by atoms with van der Waals surface area (Å²) in [5, 5.41) is 25.3. The fourth-order valence-corrected chi connectivity index (χ4v) is 2.84. The molecule has 2 aromatic rings. The van der Waals surface area contributed by atoms with Gasteiger partial charge in [0, 0.05) is 75.3 Å². The first kappa shape index (κ1) is 19.1. The Balaban J connectivity index is 2.03. The topological polar surface area (TPSA) is 94.5 Å². The number of hydrogen-bond donors (Lipinski definition) is 0. The van der Waals surface area contributed by atoms with Crippen LogP contribution in [0.15, 0.2) is 60.6 Å². The van der Waals surface area contributed by atoms with Crippen LogP contribution < -0.4 is 29.1 Å². The van der Waals surface area contributed by atoms with Gasteiger partial charge < -0.3 is 20.0 Å². The first-order valence-corrected chi connectivity index (χ1v) is 8.52. The number of aromatic nitrogens is 2. The van der Waals surface area contributed by atoms with Crippen LogP contribution in [0.3, 0.4) is 0 Å². The Hall–Kier alpha value is -3.68. The van der Waals surface area contributed by atoms with Gasteiger partial charge in [-0.15, -0.1) is 0 Å². The van der Waals surface area contributed by atoms with Crippen molar-refractivity contribution in [2.24, 2.45) is 0 Å². The average molecular weight is 380 g/mol. The highest BCUT2D eigenvalue weighted by Gasteiger charge is 2.37. The largest absolute Gasteiger partial charge is 0.865 e. The molecule has 0 aliphatic heterocycles. The van der Waals surface area contributed by atoms with Crippen LogP contribution in [-0.4, -0.2) is 39.8 Å². The molecule has 2 heterocycles. The predicted octanol–water partition coefficient (Wildman–Crippen LogP) is -1.70. The number of anilines is 2. The summed E-state index contributed by atoms with van der Waals surface area (Å²) in [5.41, 5.74) is 0.757. The second-order valence-corrected chi connectivity index (χ2v) is 6.73. The molecule has 1 aliphatic rings. The van der Waals surface area contributed by atoms with E-state index in [2.05, 4.69) is 0 Å². The van der Waals surface area contributed by atoms with Crippen LogP contribution >= 0.6 is 0 Å². The third kappa shape index (κ3) is 3.20. The van der Waals surface area contributed by atoms with Crippen molar-refractivity contribution >= 4 is 34.3 Å². The summed E-state index contributed by atoms with van der Waals surface area (Å²) < 4.78 is 2.42. The van der Waals surface area contributed by atoms with Gasteiger partial charge >= 0.3 is 0 Å². The molecule has 1 aliphatic carbocycles. The van der Waals surface area contributed by atoms with Crippen molar-refractivity contribution < 1.29 is 28.9 Å². The molecule has 8 heteroatoms. The number of carbonyl (C=O) groups excluding carboxylic acids is 2. The summed E-state index contributed by atoms with van der Waals surface area (Å²) in [6.45, 7) is 0. The molecule has 144 valence electrons. The van der Waals surface area contributed by atoms with Crippen LogP contribution in [0.1, 0.15) is 0 Å². The molecule has 0 aromatic carbocycles. The minimum absolute atomic E-state index is 0.463. The van der Waals surface area contributed by atoms with Gasteiger partial charge in [-0.1, -0.05) is 0 Å². The zero-order valence-electron chi connectivity index (χ0n) is 16.0. The normalized spacial score (nSPS) is 14.6. The number of Topliss-reactive ketones (excluding diaryl/α,β-unsaturated/α-hetero) is 2. The minimum Gasteiger partial charge on any atom is -0.865 e. The average Bonchev–Trinajstić information content (AvgIpc) is 2.67. The van der Waals surface area contributed by atoms with Gasteiger partial charge in [0.15, 0.2) is 24.8 Å². The highest BCUT2D eigenvalue weighted by atomic mass is 16.3. The minimum atomic E-state index is -1.01. The fourth-order valence-electron chi connectivity index (χ4n) is 2.84. The zero-order valence-corrected chi connectivity index (χ0v) is 16.0. The number of allylic oxidation sites excluding steroid dienone is 2. The van der Waals surface area contributed by atoms with Crippen molar-refractivity contribution in [3.8, 4) is 0 Å². The molecular weight excluding hydrogens is 360 g/mol. The number of rotatable bonds is 4. The summed E-state index contributed by atoms with van der Waals surface area (Å²) in [4.78, 5) is 28.9. The van der Waals surface area contributed by atoms with Crippen LogP contribution in [0.25, 0.3) is 11.4 Å². The summed E-state index contributed by atoms with van der Waals surface area (Å²) in [6.07, 6.45) is 5.91. The van der Waals surface area contributed by atoms with Gasteiger partial charge in [0.2, 0.25) is 11.6 Å². The van der Waals surface area contributed by atoms with E-state index in [0.29, 0.717) is 0 Å². The first-order chi connectivity index (χ1) is 13.2. The molecule has 0 spiro atoms. The molecule has 0 radical (unpaired) electrons. The zero-order chi connectivity index (χ0) is 20.6. The van der Waals surface area contributed by atoms with Gasteiger partial charge in [-0.3, -0.25) is 9.59 Å². The highest BCUT2D eigenvalue weighted by Crippen LogP contribution is 2.20. The lowest BCUT2D eigenvalue weighted by molar-refractivity contribution is -0.588. The van der Waals surface area contributed by atoms with Crippen LogP contribution in [0, 0.1) is 0 Å². The van der Waals surface area contributed by atoms with Gasteiger partial charge in [0.25, 0.3) is 11.4 Å². The maximum absolute atomic E-state index is 12.6. The van der Waals surface area contributed by atoms with Gasteiger partial charge in [-0.25, -0.2) is 0 Å². The lowest BCUT2D eigenvalue weighted by atomic mass is 10.0. The molecule has 0 unspecified atom stereocenters. The van der Waals surface area contributed by atoms with E-state index in [4.69, 9.17) is 0 Å². The molecule has 0 N–H and O–H groups in total. The van der Waals surface area contributed by atoms with Crippen molar-refractivity contribution in [3.05, 3.63) is 60.6 Å². The SMILES string of the molecule is CN(C)c1cc[n+](C2=C([O-])C(=O)C([n+]3ccc(N(C)C)cc3)=C([O-])C2=O)cc1. The third-order valence-electron chi connectivity index (χ3n) is 4.45. The third-order valence-corrected chi connectivity index (χ3v) is 4.45. The standard InChI is InChI=1S/C20H20N4O4/c1-21(2)13-5-9-23(10-6-13)15-17(25)19(27)16(20(28)18(15)26)24-11-7-14(8-12-24)22(3)4/h5-12H,1-4H3. The Morgan fingerprint density at radius 2 is 0.929 bits per heavy atom. The maximum atomic E-state index is 12.6. The van der Waals surface area contributed by atoms with E-state index in [1.165, 1.54) is 33.9 Å². The summed E-state index contributed by atoms with van der Waals surface area (Å²) in [5.74, 6) is -4.03.